The Kier molecular flexibility index (Phi) is 3.61. The van der Waals surface area contributed by atoms with Gasteiger partial charge in [-0.3, -0.25) is 5.10 Å². The van der Waals surface area contributed by atoms with E-state index in [0.717, 1.165) is 26.9 Å². The van der Waals surface area contributed by atoms with Crippen molar-refractivity contribution in [1.82, 2.24) is 14.8 Å². The van der Waals surface area contributed by atoms with Crippen molar-refractivity contribution in [2.75, 3.05) is 0 Å². The Hall–Kier alpha value is -0.460. The molecule has 16 heavy (non-hydrogen) atoms. The smallest absolute Gasteiger partial charge is 0.195 e. The van der Waals surface area contributed by atoms with E-state index in [2.05, 4.69) is 42.1 Å². The molecule has 2 rings (SSSR count). The number of rotatable bonds is 2. The van der Waals surface area contributed by atoms with Gasteiger partial charge in [0.25, 0.3) is 0 Å². The first-order valence-corrected chi connectivity index (χ1v) is 6.73. The second kappa shape index (κ2) is 4.81. The Morgan fingerprint density at radius 2 is 1.94 bits per heavy atom. The van der Waals surface area contributed by atoms with Crippen molar-refractivity contribution >= 4 is 44.1 Å². The van der Waals surface area contributed by atoms with Gasteiger partial charge in [0.15, 0.2) is 10.6 Å². The monoisotopic (exact) mass is 361 g/mol. The first kappa shape index (κ1) is 12.0. The van der Waals surface area contributed by atoms with Crippen LogP contribution in [0.3, 0.4) is 0 Å². The van der Waals surface area contributed by atoms with Crippen LogP contribution in [0.1, 0.15) is 6.92 Å². The zero-order chi connectivity index (χ0) is 11.7. The topological polar surface area (TPSA) is 33.6 Å². The minimum atomic E-state index is 0.647. The number of aromatic amines is 1. The Labute approximate surface area is 115 Å². The molecule has 0 saturated heterocycles. The Bertz CT molecular complexity index is 553. The van der Waals surface area contributed by atoms with E-state index in [1.54, 1.807) is 0 Å². The van der Waals surface area contributed by atoms with Gasteiger partial charge < -0.3 is 4.57 Å². The van der Waals surface area contributed by atoms with E-state index >= 15 is 0 Å². The highest BCUT2D eigenvalue weighted by atomic mass is 79.9. The predicted molar refractivity (Wildman–Crippen MR) is 73.9 cm³/mol. The molecule has 0 bridgehead atoms. The SMILES string of the molecule is CCn1c(-c2cc(Br)cc(Br)c2)n[nH]c1=S. The van der Waals surface area contributed by atoms with Crippen molar-refractivity contribution in [3.8, 4) is 11.4 Å². The Balaban J connectivity index is 2.62. The van der Waals surface area contributed by atoms with Crippen LogP contribution in [0.4, 0.5) is 0 Å². The number of H-pyrrole nitrogens is 1. The standard InChI is InChI=1S/C10H9Br2N3S/c1-2-15-9(13-14-10(15)16)6-3-7(11)5-8(12)4-6/h3-5H,2H2,1H3,(H,14,16). The summed E-state index contributed by atoms with van der Waals surface area (Å²) >= 11 is 12.1. The average molecular weight is 363 g/mol. The van der Waals surface area contributed by atoms with Crippen molar-refractivity contribution in [1.29, 1.82) is 0 Å². The number of hydrogen-bond donors (Lipinski definition) is 1. The molecular formula is C10H9Br2N3S. The Morgan fingerprint density at radius 1 is 1.31 bits per heavy atom. The lowest BCUT2D eigenvalue weighted by Gasteiger charge is -2.04. The van der Waals surface area contributed by atoms with Gasteiger partial charge in [0.2, 0.25) is 0 Å². The van der Waals surface area contributed by atoms with Gasteiger partial charge >= 0.3 is 0 Å². The summed E-state index contributed by atoms with van der Waals surface area (Å²) in [5, 5.41) is 7.05. The van der Waals surface area contributed by atoms with Crippen LogP contribution in [-0.4, -0.2) is 14.8 Å². The van der Waals surface area contributed by atoms with E-state index in [0.29, 0.717) is 4.77 Å². The molecule has 84 valence electrons. The largest absolute Gasteiger partial charge is 0.300 e. The van der Waals surface area contributed by atoms with Crippen LogP contribution in [0, 0.1) is 4.77 Å². The molecule has 1 aromatic carbocycles. The molecule has 0 aliphatic heterocycles. The maximum atomic E-state index is 5.16. The molecule has 0 unspecified atom stereocenters. The maximum Gasteiger partial charge on any atom is 0.195 e. The first-order chi connectivity index (χ1) is 7.61. The Morgan fingerprint density at radius 3 is 2.50 bits per heavy atom. The summed E-state index contributed by atoms with van der Waals surface area (Å²) in [6.07, 6.45) is 0. The van der Waals surface area contributed by atoms with Crippen LogP contribution < -0.4 is 0 Å². The molecule has 3 nitrogen and oxygen atoms in total. The van der Waals surface area contributed by atoms with Gasteiger partial charge in [0, 0.05) is 21.1 Å². The van der Waals surface area contributed by atoms with Crippen LogP contribution in [0.5, 0.6) is 0 Å². The van der Waals surface area contributed by atoms with Crippen molar-refractivity contribution in [2.24, 2.45) is 0 Å². The van der Waals surface area contributed by atoms with Gasteiger partial charge in [0.05, 0.1) is 0 Å². The number of hydrogen-bond acceptors (Lipinski definition) is 2. The lowest BCUT2D eigenvalue weighted by Crippen LogP contribution is -1.97. The third-order valence-corrected chi connectivity index (χ3v) is 3.42. The maximum absolute atomic E-state index is 5.16. The minimum Gasteiger partial charge on any atom is -0.300 e. The van der Waals surface area contributed by atoms with Crippen LogP contribution in [-0.2, 0) is 6.54 Å². The molecule has 2 aromatic rings. The quantitative estimate of drug-likeness (QED) is 0.814. The highest BCUT2D eigenvalue weighted by Gasteiger charge is 2.08. The summed E-state index contributed by atoms with van der Waals surface area (Å²) in [5.74, 6) is 0.856. The predicted octanol–water partition coefficient (Wildman–Crippen LogP) is 4.15. The molecular weight excluding hydrogens is 354 g/mol. The van der Waals surface area contributed by atoms with Crippen molar-refractivity contribution in [3.63, 3.8) is 0 Å². The van der Waals surface area contributed by atoms with Crippen molar-refractivity contribution < 1.29 is 0 Å². The van der Waals surface area contributed by atoms with Crippen molar-refractivity contribution in [2.45, 2.75) is 13.5 Å². The van der Waals surface area contributed by atoms with Crippen LogP contribution in [0.25, 0.3) is 11.4 Å². The van der Waals surface area contributed by atoms with Crippen LogP contribution in [0.2, 0.25) is 0 Å². The molecule has 0 fully saturated rings. The number of halogens is 2. The van der Waals surface area contributed by atoms with E-state index in [1.165, 1.54) is 0 Å². The van der Waals surface area contributed by atoms with E-state index < -0.39 is 0 Å². The van der Waals surface area contributed by atoms with E-state index in [-0.39, 0.29) is 0 Å². The highest BCUT2D eigenvalue weighted by molar-refractivity contribution is 9.11. The summed E-state index contributed by atoms with van der Waals surface area (Å²) in [6, 6.07) is 6.02. The molecule has 0 amide bonds. The van der Waals surface area contributed by atoms with Gasteiger partial charge in [-0.2, -0.15) is 5.10 Å². The average Bonchev–Trinajstić information content (AvgIpc) is 2.58. The fraction of sp³-hybridized carbons (Fsp3) is 0.200. The van der Waals surface area contributed by atoms with E-state index in [4.69, 9.17) is 12.2 Å². The summed E-state index contributed by atoms with van der Waals surface area (Å²) in [7, 11) is 0. The van der Waals surface area contributed by atoms with Crippen molar-refractivity contribution in [3.05, 3.63) is 31.9 Å². The second-order valence-electron chi connectivity index (χ2n) is 3.25. The van der Waals surface area contributed by atoms with Gasteiger partial charge in [-0.25, -0.2) is 0 Å². The zero-order valence-corrected chi connectivity index (χ0v) is 12.5. The summed E-state index contributed by atoms with van der Waals surface area (Å²) in [6.45, 7) is 2.84. The van der Waals surface area contributed by atoms with Gasteiger partial charge in [-0.05, 0) is 37.3 Å². The molecule has 0 aliphatic carbocycles. The molecule has 6 heteroatoms. The molecule has 0 saturated carbocycles. The summed E-state index contributed by atoms with van der Waals surface area (Å²) in [4.78, 5) is 0. The van der Waals surface area contributed by atoms with E-state index in [9.17, 15) is 0 Å². The number of nitrogens with one attached hydrogen (secondary N) is 1. The third-order valence-electron chi connectivity index (χ3n) is 2.20. The van der Waals surface area contributed by atoms with E-state index in [1.807, 2.05) is 29.7 Å². The molecule has 1 aromatic heterocycles. The molecule has 0 aliphatic rings. The molecule has 1 N–H and O–H groups in total. The minimum absolute atomic E-state index is 0.647. The normalized spacial score (nSPS) is 10.7. The molecule has 0 radical (unpaired) electrons. The van der Waals surface area contributed by atoms with Gasteiger partial charge in [-0.1, -0.05) is 31.9 Å². The second-order valence-corrected chi connectivity index (χ2v) is 5.47. The highest BCUT2D eigenvalue weighted by Crippen LogP contribution is 2.26. The lowest BCUT2D eigenvalue weighted by molar-refractivity contribution is 0.755. The summed E-state index contributed by atoms with van der Waals surface area (Å²) < 4.78 is 4.62. The van der Waals surface area contributed by atoms with Gasteiger partial charge in [0.1, 0.15) is 0 Å². The number of nitrogens with zero attached hydrogens (tertiary/aromatic N) is 2. The third kappa shape index (κ3) is 2.28. The van der Waals surface area contributed by atoms with Crippen LogP contribution >= 0.6 is 44.1 Å². The van der Waals surface area contributed by atoms with Gasteiger partial charge in [-0.15, -0.1) is 0 Å². The summed E-state index contributed by atoms with van der Waals surface area (Å²) in [5.41, 5.74) is 1.02. The molecule has 0 spiro atoms. The number of benzene rings is 1. The zero-order valence-electron chi connectivity index (χ0n) is 8.50. The fourth-order valence-corrected chi connectivity index (χ4v) is 3.07. The number of aromatic nitrogens is 3. The molecule has 1 heterocycles. The fourth-order valence-electron chi connectivity index (χ4n) is 1.51. The molecule has 0 atom stereocenters. The first-order valence-electron chi connectivity index (χ1n) is 4.73. The van der Waals surface area contributed by atoms with Crippen LogP contribution in [0.15, 0.2) is 27.1 Å². The lowest BCUT2D eigenvalue weighted by atomic mass is 10.2.